The maximum absolute atomic E-state index is 4.13. The third kappa shape index (κ3) is 2.87. The van der Waals surface area contributed by atoms with Gasteiger partial charge in [0.15, 0.2) is 0 Å². The van der Waals surface area contributed by atoms with Crippen molar-refractivity contribution in [1.82, 2.24) is 0 Å². The lowest BCUT2D eigenvalue weighted by atomic mass is 9.98. The fourth-order valence-electron chi connectivity index (χ4n) is 1.94. The van der Waals surface area contributed by atoms with E-state index in [4.69, 9.17) is 0 Å². The number of hydrogen-bond acceptors (Lipinski definition) is 2. The predicted molar refractivity (Wildman–Crippen MR) is 81.6 cm³/mol. The Hall–Kier alpha value is -1.32. The molecule has 2 aromatic rings. The Balaban J connectivity index is 0.000000329. The van der Waals surface area contributed by atoms with Gasteiger partial charge in [-0.3, -0.25) is 0 Å². The van der Waals surface area contributed by atoms with Gasteiger partial charge in [-0.25, -0.2) is 0 Å². The molecule has 0 aliphatic carbocycles. The molecule has 0 amide bonds. The fraction of sp³-hybridized carbons (Fsp3) is 0.0714. The molecule has 1 N–H and O–H groups in total. The number of thiol groups is 1. The van der Waals surface area contributed by atoms with Crippen LogP contribution >= 0.6 is 24.8 Å². The molecule has 2 aromatic carbocycles. The molecular weight excluding hydrogens is 246 g/mol. The van der Waals surface area contributed by atoms with Gasteiger partial charge in [0.1, 0.15) is 0 Å². The van der Waals surface area contributed by atoms with Gasteiger partial charge in [0.2, 0.25) is 0 Å². The van der Waals surface area contributed by atoms with Gasteiger partial charge in [-0.15, -0.1) is 12.6 Å². The zero-order valence-electron chi connectivity index (χ0n) is 9.26. The first kappa shape index (κ1) is 12.1. The molecule has 0 saturated heterocycles. The van der Waals surface area contributed by atoms with E-state index in [9.17, 15) is 0 Å². The summed E-state index contributed by atoms with van der Waals surface area (Å²) in [6.07, 6.45) is 1.04. The number of anilines is 2. The van der Waals surface area contributed by atoms with Crippen LogP contribution in [0.15, 0.2) is 48.5 Å². The van der Waals surface area contributed by atoms with E-state index in [0.717, 1.165) is 6.42 Å². The molecule has 0 spiro atoms. The Morgan fingerprint density at radius 1 is 0.941 bits per heavy atom. The first-order valence-corrected chi connectivity index (χ1v) is 6.34. The van der Waals surface area contributed by atoms with Crippen molar-refractivity contribution in [2.24, 2.45) is 0 Å². The minimum Gasteiger partial charge on any atom is -0.355 e. The molecule has 17 heavy (non-hydrogen) atoms. The lowest BCUT2D eigenvalue weighted by Crippen LogP contribution is -2.05. The average molecular weight is 259 g/mol. The largest absolute Gasteiger partial charge is 0.355 e. The van der Waals surface area contributed by atoms with E-state index in [0.29, 0.717) is 0 Å². The van der Waals surface area contributed by atoms with Gasteiger partial charge in [0.05, 0.1) is 0 Å². The number of fused-ring (bicyclic) bond motifs is 2. The highest BCUT2D eigenvalue weighted by molar-refractivity contribution is 8.08. The second kappa shape index (κ2) is 5.84. The summed E-state index contributed by atoms with van der Waals surface area (Å²) in [5.41, 5.74) is 5.25. The summed E-state index contributed by atoms with van der Waals surface area (Å²) in [5.74, 6) is 0. The SMILES string of the molecule is S=CS.c1ccc2c(c1)Cc1ccccc1N2. The van der Waals surface area contributed by atoms with Crippen LogP contribution in [0.2, 0.25) is 0 Å². The van der Waals surface area contributed by atoms with Gasteiger partial charge in [-0.05, 0) is 23.3 Å². The quantitative estimate of drug-likeness (QED) is 0.463. The Labute approximate surface area is 112 Å². The van der Waals surface area contributed by atoms with E-state index in [1.165, 1.54) is 27.2 Å². The van der Waals surface area contributed by atoms with Crippen molar-refractivity contribution < 1.29 is 0 Å². The molecule has 3 rings (SSSR count). The summed E-state index contributed by atoms with van der Waals surface area (Å²) in [6, 6.07) is 16.9. The highest BCUT2D eigenvalue weighted by atomic mass is 32.1. The van der Waals surface area contributed by atoms with Crippen molar-refractivity contribution >= 4 is 40.9 Å². The predicted octanol–water partition coefficient (Wildman–Crippen LogP) is 4.21. The molecule has 1 aliphatic heterocycles. The molecule has 0 saturated carbocycles. The highest BCUT2D eigenvalue weighted by Crippen LogP contribution is 2.31. The third-order valence-corrected chi connectivity index (χ3v) is 2.68. The number of thiocarbonyl (C=S) groups is 1. The maximum atomic E-state index is 4.13. The topological polar surface area (TPSA) is 12.0 Å². The van der Waals surface area contributed by atoms with Crippen LogP contribution in [0, 0.1) is 0 Å². The summed E-state index contributed by atoms with van der Waals surface area (Å²) in [6.45, 7) is 0. The highest BCUT2D eigenvalue weighted by Gasteiger charge is 2.12. The van der Waals surface area contributed by atoms with E-state index in [2.05, 4.69) is 78.7 Å². The van der Waals surface area contributed by atoms with Gasteiger partial charge in [0.25, 0.3) is 0 Å². The minimum atomic E-state index is 1.04. The second-order valence-corrected chi connectivity index (χ2v) is 4.56. The van der Waals surface area contributed by atoms with Crippen molar-refractivity contribution in [3.8, 4) is 0 Å². The Bertz CT molecular complexity index is 436. The van der Waals surface area contributed by atoms with Crippen molar-refractivity contribution in [1.29, 1.82) is 0 Å². The number of para-hydroxylation sites is 2. The molecule has 86 valence electrons. The van der Waals surface area contributed by atoms with Crippen LogP contribution in [0.25, 0.3) is 0 Å². The molecule has 0 radical (unpaired) electrons. The third-order valence-electron chi connectivity index (χ3n) is 2.68. The first-order chi connectivity index (χ1) is 8.35. The van der Waals surface area contributed by atoms with Crippen molar-refractivity contribution in [2.75, 3.05) is 5.32 Å². The van der Waals surface area contributed by atoms with E-state index in [-0.39, 0.29) is 0 Å². The van der Waals surface area contributed by atoms with Gasteiger partial charge in [-0.2, -0.15) is 0 Å². The Kier molecular flexibility index (Phi) is 4.18. The number of nitrogens with one attached hydrogen (secondary N) is 1. The van der Waals surface area contributed by atoms with Crippen molar-refractivity contribution in [2.45, 2.75) is 6.42 Å². The van der Waals surface area contributed by atoms with Crippen LogP contribution < -0.4 is 5.32 Å². The first-order valence-electron chi connectivity index (χ1n) is 5.36. The fourth-order valence-corrected chi connectivity index (χ4v) is 1.94. The molecule has 1 heterocycles. The van der Waals surface area contributed by atoms with E-state index in [1.807, 2.05) is 0 Å². The zero-order chi connectivity index (χ0) is 12.1. The van der Waals surface area contributed by atoms with Crippen molar-refractivity contribution in [3.05, 3.63) is 59.7 Å². The Morgan fingerprint density at radius 2 is 1.35 bits per heavy atom. The molecule has 3 heteroatoms. The smallest absolute Gasteiger partial charge is 0.0420 e. The minimum absolute atomic E-state index is 1.04. The zero-order valence-corrected chi connectivity index (χ0v) is 11.0. The average Bonchev–Trinajstić information content (AvgIpc) is 2.37. The van der Waals surface area contributed by atoms with Crippen LogP contribution in [0.1, 0.15) is 11.1 Å². The van der Waals surface area contributed by atoms with Crippen LogP contribution in [0.4, 0.5) is 11.4 Å². The second-order valence-electron chi connectivity index (χ2n) is 3.72. The summed E-state index contributed by atoms with van der Waals surface area (Å²) < 4.78 is 1.28. The molecule has 0 fully saturated rings. The van der Waals surface area contributed by atoms with E-state index >= 15 is 0 Å². The Morgan fingerprint density at radius 3 is 1.82 bits per heavy atom. The summed E-state index contributed by atoms with van der Waals surface area (Å²) in [5, 5.41) is 3.44. The summed E-state index contributed by atoms with van der Waals surface area (Å²) in [4.78, 5) is 0. The molecule has 1 aliphatic rings. The summed E-state index contributed by atoms with van der Waals surface area (Å²) in [7, 11) is 0. The molecule has 0 aromatic heterocycles. The maximum Gasteiger partial charge on any atom is 0.0420 e. The molecule has 0 atom stereocenters. The van der Waals surface area contributed by atoms with E-state index < -0.39 is 0 Å². The van der Waals surface area contributed by atoms with Gasteiger partial charge < -0.3 is 5.32 Å². The molecule has 0 unspecified atom stereocenters. The van der Waals surface area contributed by atoms with Gasteiger partial charge in [-0.1, -0.05) is 48.6 Å². The van der Waals surface area contributed by atoms with Gasteiger partial charge in [0, 0.05) is 22.5 Å². The van der Waals surface area contributed by atoms with E-state index in [1.54, 1.807) is 0 Å². The van der Waals surface area contributed by atoms with Gasteiger partial charge >= 0.3 is 0 Å². The number of benzene rings is 2. The molecule has 1 nitrogen and oxygen atoms in total. The summed E-state index contributed by atoms with van der Waals surface area (Å²) >= 11 is 7.61. The monoisotopic (exact) mass is 259 g/mol. The number of hydrogen-bond donors (Lipinski definition) is 2. The number of rotatable bonds is 0. The lowest BCUT2D eigenvalue weighted by Gasteiger charge is -2.20. The van der Waals surface area contributed by atoms with Crippen LogP contribution in [0.5, 0.6) is 0 Å². The lowest BCUT2D eigenvalue weighted by molar-refractivity contribution is 1.16. The normalized spacial score (nSPS) is 11.1. The molecule has 0 bridgehead atoms. The van der Waals surface area contributed by atoms with Crippen LogP contribution in [0.3, 0.4) is 0 Å². The van der Waals surface area contributed by atoms with Crippen LogP contribution in [-0.4, -0.2) is 4.70 Å². The van der Waals surface area contributed by atoms with Crippen LogP contribution in [-0.2, 0) is 6.42 Å². The standard InChI is InChI=1S/C13H11N.CH2S2/c1-3-7-12-10(5-1)9-11-6-2-4-8-13(11)14-12;2-1-3/h1-8,14H,9H2;1H,(H,2,3). The molecular formula is C14H13NS2. The van der Waals surface area contributed by atoms with Crippen molar-refractivity contribution in [3.63, 3.8) is 0 Å².